The van der Waals surface area contributed by atoms with Gasteiger partial charge in [0.1, 0.15) is 0 Å². The number of halogens is 1. The van der Waals surface area contributed by atoms with Gasteiger partial charge in [-0.3, -0.25) is 14.7 Å². The fraction of sp³-hybridized carbons (Fsp3) is 0.562. The van der Waals surface area contributed by atoms with E-state index in [0.717, 1.165) is 48.9 Å². The van der Waals surface area contributed by atoms with Crippen LogP contribution in [0.25, 0.3) is 5.65 Å². The number of nitrogens with zero attached hydrogens (tertiary/aromatic N) is 3. The molecule has 1 amide bonds. The summed E-state index contributed by atoms with van der Waals surface area (Å²) in [6.07, 6.45) is 4.83. The second kappa shape index (κ2) is 5.18. The molecule has 1 atom stereocenters. The van der Waals surface area contributed by atoms with Crippen LogP contribution in [0.15, 0.2) is 10.9 Å². The number of carbonyl (C=O) groups is 1. The van der Waals surface area contributed by atoms with Crippen molar-refractivity contribution in [3.63, 3.8) is 0 Å². The number of H-pyrrole nitrogens is 1. The topological polar surface area (TPSA) is 70.5 Å². The van der Waals surface area contributed by atoms with Gasteiger partial charge in [0.25, 0.3) is 0 Å². The molecule has 2 aromatic rings. The van der Waals surface area contributed by atoms with Crippen molar-refractivity contribution in [2.75, 3.05) is 6.54 Å². The maximum atomic E-state index is 13.8. The van der Waals surface area contributed by atoms with Gasteiger partial charge in [0.2, 0.25) is 11.7 Å². The summed E-state index contributed by atoms with van der Waals surface area (Å²) in [5, 5.41) is 2.95. The summed E-state index contributed by atoms with van der Waals surface area (Å²) >= 11 is 0. The van der Waals surface area contributed by atoms with E-state index in [-0.39, 0.29) is 23.6 Å². The van der Waals surface area contributed by atoms with Crippen LogP contribution in [-0.4, -0.2) is 31.9 Å². The number of likely N-dealkylation sites (tertiary alicyclic amines) is 1. The minimum Gasteiger partial charge on any atom is -0.334 e. The summed E-state index contributed by atoms with van der Waals surface area (Å²) in [7, 11) is 0. The molecule has 4 rings (SSSR count). The molecule has 2 aromatic heterocycles. The summed E-state index contributed by atoms with van der Waals surface area (Å²) in [6, 6.07) is 1.68. The van der Waals surface area contributed by atoms with Gasteiger partial charge in [0.05, 0.1) is 17.4 Å². The molecular weight excluding hydrogens is 299 g/mol. The average molecular weight is 318 g/mol. The van der Waals surface area contributed by atoms with E-state index in [2.05, 4.69) is 10.1 Å². The number of carbonyl (C=O) groups excluding carboxylic acids is 1. The lowest BCUT2D eigenvalue weighted by atomic mass is 9.99. The highest BCUT2D eigenvalue weighted by Crippen LogP contribution is 2.37. The van der Waals surface area contributed by atoms with Crippen LogP contribution in [0.3, 0.4) is 0 Å². The van der Waals surface area contributed by atoms with Crippen LogP contribution in [0.2, 0.25) is 0 Å². The first kappa shape index (κ1) is 14.4. The fourth-order valence-corrected chi connectivity index (χ4v) is 3.39. The van der Waals surface area contributed by atoms with Gasteiger partial charge in [-0.2, -0.15) is 8.91 Å². The Morgan fingerprint density at radius 3 is 2.87 bits per heavy atom. The van der Waals surface area contributed by atoms with Gasteiger partial charge in [-0.25, -0.2) is 4.98 Å². The molecule has 1 unspecified atom stereocenters. The van der Waals surface area contributed by atoms with Gasteiger partial charge in [0.15, 0.2) is 5.65 Å². The van der Waals surface area contributed by atoms with Crippen LogP contribution < -0.4 is 5.56 Å². The van der Waals surface area contributed by atoms with Crippen molar-refractivity contribution in [1.29, 1.82) is 0 Å². The third-order valence-electron chi connectivity index (χ3n) is 4.82. The molecule has 1 saturated carbocycles. The maximum absolute atomic E-state index is 13.8. The van der Waals surface area contributed by atoms with Crippen molar-refractivity contribution in [1.82, 2.24) is 19.5 Å². The predicted molar refractivity (Wildman–Crippen MR) is 81.5 cm³/mol. The van der Waals surface area contributed by atoms with Crippen LogP contribution in [0.1, 0.15) is 49.5 Å². The second-order valence-electron chi connectivity index (χ2n) is 6.54. The lowest BCUT2D eigenvalue weighted by Crippen LogP contribution is -2.39. The number of aryl methyl sites for hydroxylation is 1. The van der Waals surface area contributed by atoms with E-state index in [9.17, 15) is 14.0 Å². The van der Waals surface area contributed by atoms with Crippen LogP contribution >= 0.6 is 0 Å². The third kappa shape index (κ3) is 2.34. The van der Waals surface area contributed by atoms with E-state index in [1.54, 1.807) is 6.07 Å². The van der Waals surface area contributed by atoms with Crippen molar-refractivity contribution >= 4 is 11.6 Å². The van der Waals surface area contributed by atoms with Crippen molar-refractivity contribution < 1.29 is 9.18 Å². The number of rotatable bonds is 2. The molecule has 1 aliphatic carbocycles. The number of hydrogen-bond acceptors (Lipinski definition) is 3. The Kier molecular flexibility index (Phi) is 3.25. The summed E-state index contributed by atoms with van der Waals surface area (Å²) in [5.74, 6) is -0.470. The summed E-state index contributed by atoms with van der Waals surface area (Å²) in [6.45, 7) is 2.22. The van der Waals surface area contributed by atoms with Crippen molar-refractivity contribution in [2.24, 2.45) is 5.92 Å². The van der Waals surface area contributed by atoms with E-state index in [1.807, 2.05) is 4.90 Å². The highest BCUT2D eigenvalue weighted by molar-refractivity contribution is 5.81. The summed E-state index contributed by atoms with van der Waals surface area (Å²) < 4.78 is 14.9. The highest BCUT2D eigenvalue weighted by atomic mass is 19.1. The predicted octanol–water partition coefficient (Wildman–Crippen LogP) is 1.93. The van der Waals surface area contributed by atoms with Crippen molar-refractivity contribution in [2.45, 2.75) is 45.1 Å². The standard InChI is InChI=1S/C16H19FN4O2/c1-9-14(17)16(23)21-13(18-9)8-11(19-21)12-4-2-3-7-20(12)15(22)10-5-6-10/h8,10,12,19H,2-7H2,1H3. The number of amides is 1. The molecule has 0 aromatic carbocycles. The third-order valence-corrected chi connectivity index (χ3v) is 4.82. The van der Waals surface area contributed by atoms with Crippen molar-refractivity contribution in [3.05, 3.63) is 33.6 Å². The molecule has 23 heavy (non-hydrogen) atoms. The Hall–Kier alpha value is -2.18. The van der Waals surface area contributed by atoms with Crippen molar-refractivity contribution in [3.8, 4) is 0 Å². The quantitative estimate of drug-likeness (QED) is 0.920. The van der Waals surface area contributed by atoms with Gasteiger partial charge in [-0.1, -0.05) is 0 Å². The molecule has 0 radical (unpaired) electrons. The van der Waals surface area contributed by atoms with Crippen LogP contribution in [-0.2, 0) is 4.79 Å². The Balaban J connectivity index is 1.75. The van der Waals surface area contributed by atoms with E-state index in [1.165, 1.54) is 6.92 Å². The zero-order valence-electron chi connectivity index (χ0n) is 13.0. The van der Waals surface area contributed by atoms with Gasteiger partial charge >= 0.3 is 5.56 Å². The maximum Gasteiger partial charge on any atom is 0.308 e. The fourth-order valence-electron chi connectivity index (χ4n) is 3.39. The number of aromatic nitrogens is 3. The molecule has 6 nitrogen and oxygen atoms in total. The van der Waals surface area contributed by atoms with E-state index in [4.69, 9.17) is 0 Å². The molecule has 1 aliphatic heterocycles. The van der Waals surface area contributed by atoms with Crippen LogP contribution in [0.4, 0.5) is 4.39 Å². The number of fused-ring (bicyclic) bond motifs is 1. The monoisotopic (exact) mass is 318 g/mol. The minimum atomic E-state index is -0.842. The molecule has 7 heteroatoms. The van der Waals surface area contributed by atoms with Crippen LogP contribution in [0.5, 0.6) is 0 Å². The normalized spacial score (nSPS) is 21.8. The first-order valence-corrected chi connectivity index (χ1v) is 8.14. The Morgan fingerprint density at radius 2 is 2.13 bits per heavy atom. The molecule has 2 aliphatic rings. The van der Waals surface area contributed by atoms with Gasteiger partial charge < -0.3 is 4.90 Å². The number of hydrogen-bond donors (Lipinski definition) is 1. The lowest BCUT2D eigenvalue weighted by molar-refractivity contribution is -0.136. The molecule has 1 saturated heterocycles. The smallest absolute Gasteiger partial charge is 0.308 e. The molecule has 0 bridgehead atoms. The molecule has 122 valence electrons. The van der Waals surface area contributed by atoms with Gasteiger partial charge in [-0.15, -0.1) is 0 Å². The zero-order valence-corrected chi connectivity index (χ0v) is 13.0. The Morgan fingerprint density at radius 1 is 1.35 bits per heavy atom. The first-order valence-electron chi connectivity index (χ1n) is 8.14. The molecular formula is C16H19FN4O2. The average Bonchev–Trinajstić information content (AvgIpc) is 3.32. The summed E-state index contributed by atoms with van der Waals surface area (Å²) in [5.41, 5.74) is 0.520. The van der Waals surface area contributed by atoms with Crippen LogP contribution in [0, 0.1) is 18.7 Å². The molecule has 3 heterocycles. The van der Waals surface area contributed by atoms with Gasteiger partial charge in [-0.05, 0) is 39.0 Å². The van der Waals surface area contributed by atoms with E-state index >= 15 is 0 Å². The number of nitrogens with one attached hydrogen (secondary N) is 1. The lowest BCUT2D eigenvalue weighted by Gasteiger charge is -2.35. The number of piperidine rings is 1. The minimum absolute atomic E-state index is 0.0821. The SMILES string of the molecule is Cc1nc2cc(C3CCCCN3C(=O)C3CC3)[nH]n2c(=O)c1F. The zero-order chi connectivity index (χ0) is 16.1. The highest BCUT2D eigenvalue weighted by Gasteiger charge is 2.38. The van der Waals surface area contributed by atoms with E-state index in [0.29, 0.717) is 5.65 Å². The Labute approximate surface area is 132 Å². The van der Waals surface area contributed by atoms with Gasteiger partial charge in [0, 0.05) is 18.5 Å². The largest absolute Gasteiger partial charge is 0.334 e. The molecule has 0 spiro atoms. The number of aromatic amines is 1. The molecule has 1 N–H and O–H groups in total. The summed E-state index contributed by atoms with van der Waals surface area (Å²) in [4.78, 5) is 30.6. The molecule has 2 fully saturated rings. The second-order valence-corrected chi connectivity index (χ2v) is 6.54. The first-order chi connectivity index (χ1) is 11.1. The Bertz CT molecular complexity index is 836. The van der Waals surface area contributed by atoms with E-state index < -0.39 is 11.4 Å².